The van der Waals surface area contributed by atoms with Gasteiger partial charge in [-0.25, -0.2) is 4.98 Å². The lowest BCUT2D eigenvalue weighted by Crippen LogP contribution is -2.39. The minimum absolute atomic E-state index is 0.252. The Morgan fingerprint density at radius 2 is 2.41 bits per heavy atom. The zero-order valence-electron chi connectivity index (χ0n) is 12.9. The summed E-state index contributed by atoms with van der Waals surface area (Å²) in [6.45, 7) is 3.73. The molecule has 0 spiro atoms. The molecule has 116 valence electrons. The van der Waals surface area contributed by atoms with Crippen molar-refractivity contribution in [2.45, 2.75) is 38.5 Å². The summed E-state index contributed by atoms with van der Waals surface area (Å²) < 4.78 is 0. The van der Waals surface area contributed by atoms with Crippen LogP contribution in [0.3, 0.4) is 0 Å². The first-order chi connectivity index (χ1) is 10.7. The minimum atomic E-state index is 0.252. The lowest BCUT2D eigenvalue weighted by Gasteiger charge is -2.32. The molecule has 3 heterocycles. The summed E-state index contributed by atoms with van der Waals surface area (Å²) in [6, 6.07) is 3.94. The number of likely N-dealkylation sites (tertiary alicyclic amines) is 1. The van der Waals surface area contributed by atoms with E-state index in [0.29, 0.717) is 12.3 Å². The monoisotopic (exact) mass is 315 g/mol. The van der Waals surface area contributed by atoms with Crippen molar-refractivity contribution in [1.29, 1.82) is 0 Å². The molecule has 0 aromatic carbocycles. The molecule has 1 amide bonds. The second-order valence-electron chi connectivity index (χ2n) is 5.87. The number of hydrogen-bond donors (Lipinski definition) is 0. The van der Waals surface area contributed by atoms with Crippen LogP contribution in [0.2, 0.25) is 0 Å². The molecule has 1 saturated heterocycles. The van der Waals surface area contributed by atoms with Crippen molar-refractivity contribution in [3.8, 4) is 0 Å². The number of hydrogen-bond acceptors (Lipinski definition) is 4. The standard InChI is InChI=1S/C17H21N3OS/c1-13-12-22-17(19-13)15-5-3-9-20(11-15)16(21)7-6-14-4-2-8-18-10-14/h2,4,8,10,12,15H,3,5-7,9,11H2,1H3/t15-/m1/s1. The molecular formula is C17H21N3OS. The van der Waals surface area contributed by atoms with E-state index in [9.17, 15) is 4.79 Å². The Labute approximate surface area is 135 Å². The molecule has 2 aromatic rings. The van der Waals surface area contributed by atoms with Crippen molar-refractivity contribution in [2.75, 3.05) is 13.1 Å². The van der Waals surface area contributed by atoms with Crippen LogP contribution in [0.1, 0.15) is 41.4 Å². The molecule has 0 bridgehead atoms. The molecule has 3 rings (SSSR count). The largest absolute Gasteiger partial charge is 0.342 e. The third-order valence-corrected chi connectivity index (χ3v) is 5.24. The fraction of sp³-hybridized carbons (Fsp3) is 0.471. The third-order valence-electron chi connectivity index (χ3n) is 4.11. The topological polar surface area (TPSA) is 46.1 Å². The van der Waals surface area contributed by atoms with Gasteiger partial charge in [0.15, 0.2) is 0 Å². The molecule has 5 heteroatoms. The fourth-order valence-electron chi connectivity index (χ4n) is 2.92. The van der Waals surface area contributed by atoms with Crippen LogP contribution in [-0.2, 0) is 11.2 Å². The number of rotatable bonds is 4. The maximum absolute atomic E-state index is 12.4. The molecule has 0 saturated carbocycles. The molecule has 1 atom stereocenters. The van der Waals surface area contributed by atoms with Gasteiger partial charge >= 0.3 is 0 Å². The van der Waals surface area contributed by atoms with Crippen LogP contribution in [0.15, 0.2) is 29.9 Å². The molecule has 1 aliphatic rings. The number of nitrogens with zero attached hydrogens (tertiary/aromatic N) is 3. The van der Waals surface area contributed by atoms with E-state index < -0.39 is 0 Å². The summed E-state index contributed by atoms with van der Waals surface area (Å²) in [5.41, 5.74) is 2.21. The average Bonchev–Trinajstić information content (AvgIpc) is 3.00. The smallest absolute Gasteiger partial charge is 0.222 e. The van der Waals surface area contributed by atoms with E-state index in [1.54, 1.807) is 17.5 Å². The van der Waals surface area contributed by atoms with Gasteiger partial charge in [-0.1, -0.05) is 6.07 Å². The molecule has 0 N–H and O–H groups in total. The number of pyridine rings is 1. The van der Waals surface area contributed by atoms with Crippen molar-refractivity contribution < 1.29 is 4.79 Å². The Hall–Kier alpha value is -1.75. The zero-order chi connectivity index (χ0) is 15.4. The number of aryl methyl sites for hydroxylation is 2. The lowest BCUT2D eigenvalue weighted by atomic mass is 9.98. The van der Waals surface area contributed by atoms with Gasteiger partial charge < -0.3 is 4.90 Å². The van der Waals surface area contributed by atoms with Gasteiger partial charge in [-0.2, -0.15) is 0 Å². The number of thiazole rings is 1. The number of piperidine rings is 1. The van der Waals surface area contributed by atoms with Crippen LogP contribution in [0.5, 0.6) is 0 Å². The number of aromatic nitrogens is 2. The molecule has 1 fully saturated rings. The first kappa shape index (κ1) is 15.2. The molecule has 0 radical (unpaired) electrons. The van der Waals surface area contributed by atoms with E-state index in [1.807, 2.05) is 30.2 Å². The predicted octanol–water partition coefficient (Wildman–Crippen LogP) is 3.19. The van der Waals surface area contributed by atoms with Crippen LogP contribution in [0, 0.1) is 6.92 Å². The lowest BCUT2D eigenvalue weighted by molar-refractivity contribution is -0.132. The van der Waals surface area contributed by atoms with Gasteiger partial charge in [0.05, 0.1) is 5.01 Å². The van der Waals surface area contributed by atoms with Gasteiger partial charge in [0.25, 0.3) is 0 Å². The van der Waals surface area contributed by atoms with Crippen molar-refractivity contribution in [3.05, 3.63) is 46.2 Å². The van der Waals surface area contributed by atoms with Gasteiger partial charge in [0.2, 0.25) is 5.91 Å². The van der Waals surface area contributed by atoms with Gasteiger partial charge in [-0.3, -0.25) is 9.78 Å². The van der Waals surface area contributed by atoms with E-state index >= 15 is 0 Å². The van der Waals surface area contributed by atoms with Crippen LogP contribution < -0.4 is 0 Å². The maximum Gasteiger partial charge on any atom is 0.222 e. The summed E-state index contributed by atoms with van der Waals surface area (Å²) in [6.07, 6.45) is 7.14. The number of amides is 1. The highest BCUT2D eigenvalue weighted by atomic mass is 32.1. The molecular weight excluding hydrogens is 294 g/mol. The highest BCUT2D eigenvalue weighted by Crippen LogP contribution is 2.29. The van der Waals surface area contributed by atoms with Crippen LogP contribution in [0.25, 0.3) is 0 Å². The van der Waals surface area contributed by atoms with Crippen LogP contribution >= 0.6 is 11.3 Å². The van der Waals surface area contributed by atoms with Crippen molar-refractivity contribution in [2.24, 2.45) is 0 Å². The van der Waals surface area contributed by atoms with E-state index in [2.05, 4.69) is 15.3 Å². The van der Waals surface area contributed by atoms with Crippen molar-refractivity contribution in [3.63, 3.8) is 0 Å². The fourth-order valence-corrected chi connectivity index (χ4v) is 3.85. The van der Waals surface area contributed by atoms with E-state index in [-0.39, 0.29) is 5.91 Å². The molecule has 0 aliphatic carbocycles. The van der Waals surface area contributed by atoms with Gasteiger partial charge in [-0.05, 0) is 37.8 Å². The predicted molar refractivity (Wildman–Crippen MR) is 88.0 cm³/mol. The molecule has 4 nitrogen and oxygen atoms in total. The summed E-state index contributed by atoms with van der Waals surface area (Å²) in [5, 5.41) is 3.28. The second-order valence-corrected chi connectivity index (χ2v) is 6.76. The normalized spacial score (nSPS) is 18.4. The first-order valence-electron chi connectivity index (χ1n) is 7.81. The summed E-state index contributed by atoms with van der Waals surface area (Å²) in [4.78, 5) is 23.1. The number of carbonyl (C=O) groups excluding carboxylic acids is 1. The average molecular weight is 315 g/mol. The van der Waals surface area contributed by atoms with Crippen molar-refractivity contribution in [1.82, 2.24) is 14.9 Å². The quantitative estimate of drug-likeness (QED) is 0.870. The van der Waals surface area contributed by atoms with Crippen LogP contribution in [-0.4, -0.2) is 33.9 Å². The summed E-state index contributed by atoms with van der Waals surface area (Å²) in [5.74, 6) is 0.664. The van der Waals surface area contributed by atoms with E-state index in [1.165, 1.54) is 5.01 Å². The molecule has 1 aliphatic heterocycles. The van der Waals surface area contributed by atoms with E-state index in [0.717, 1.165) is 43.6 Å². The third kappa shape index (κ3) is 3.71. The van der Waals surface area contributed by atoms with Gasteiger partial charge in [-0.15, -0.1) is 11.3 Å². The number of carbonyl (C=O) groups is 1. The molecule has 0 unspecified atom stereocenters. The second kappa shape index (κ2) is 7.01. The highest BCUT2D eigenvalue weighted by molar-refractivity contribution is 7.09. The maximum atomic E-state index is 12.4. The molecule has 2 aromatic heterocycles. The SMILES string of the molecule is Cc1csc([C@@H]2CCCN(C(=O)CCc3cccnc3)C2)n1. The Balaban J connectivity index is 1.56. The Bertz CT molecular complexity index is 626. The summed E-state index contributed by atoms with van der Waals surface area (Å²) in [7, 11) is 0. The highest BCUT2D eigenvalue weighted by Gasteiger charge is 2.26. The first-order valence-corrected chi connectivity index (χ1v) is 8.69. The zero-order valence-corrected chi connectivity index (χ0v) is 13.7. The Morgan fingerprint density at radius 3 is 3.14 bits per heavy atom. The Kier molecular flexibility index (Phi) is 4.83. The van der Waals surface area contributed by atoms with E-state index in [4.69, 9.17) is 0 Å². The van der Waals surface area contributed by atoms with Gasteiger partial charge in [0.1, 0.15) is 0 Å². The van der Waals surface area contributed by atoms with Gasteiger partial charge in [0, 0.05) is 48.9 Å². The van der Waals surface area contributed by atoms with Crippen LogP contribution in [0.4, 0.5) is 0 Å². The minimum Gasteiger partial charge on any atom is -0.342 e. The summed E-state index contributed by atoms with van der Waals surface area (Å²) >= 11 is 1.72. The molecule has 22 heavy (non-hydrogen) atoms. The van der Waals surface area contributed by atoms with Crippen molar-refractivity contribution >= 4 is 17.2 Å². The Morgan fingerprint density at radius 1 is 1.50 bits per heavy atom.